The molecule has 0 aliphatic carbocycles. The molecule has 21 heavy (non-hydrogen) atoms. The molecule has 0 aliphatic heterocycles. The molecule has 0 spiro atoms. The average molecular weight is 289 g/mol. The summed E-state index contributed by atoms with van der Waals surface area (Å²) in [5.74, 6) is 0.552. The number of pyridine rings is 1. The summed E-state index contributed by atoms with van der Waals surface area (Å²) < 4.78 is 5.09. The molecule has 0 fully saturated rings. The Bertz CT molecular complexity index is 681. The molecule has 0 aromatic carbocycles. The largest absolute Gasteiger partial charge is 0.361 e. The van der Waals surface area contributed by atoms with Gasteiger partial charge in [0.05, 0.1) is 5.69 Å². The van der Waals surface area contributed by atoms with Crippen LogP contribution in [-0.4, -0.2) is 22.6 Å². The van der Waals surface area contributed by atoms with E-state index in [1.165, 1.54) is 12.1 Å². The maximum Gasteiger partial charge on any atom is 0.267 e. The second kappa shape index (κ2) is 6.39. The quantitative estimate of drug-likeness (QED) is 0.819. The van der Waals surface area contributed by atoms with Crippen molar-refractivity contribution in [2.45, 2.75) is 33.6 Å². The Balaban J connectivity index is 1.86. The van der Waals surface area contributed by atoms with Gasteiger partial charge < -0.3 is 14.8 Å². The van der Waals surface area contributed by atoms with Gasteiger partial charge in [0.2, 0.25) is 0 Å². The first-order chi connectivity index (χ1) is 9.97. The predicted molar refractivity (Wildman–Crippen MR) is 78.4 cm³/mol. The van der Waals surface area contributed by atoms with Crippen molar-refractivity contribution in [1.82, 2.24) is 15.5 Å². The number of aryl methyl sites for hydroxylation is 3. The van der Waals surface area contributed by atoms with E-state index in [2.05, 4.69) is 15.5 Å². The highest BCUT2D eigenvalue weighted by atomic mass is 16.5. The fourth-order valence-electron chi connectivity index (χ4n) is 2.23. The van der Waals surface area contributed by atoms with Gasteiger partial charge in [-0.15, -0.1) is 0 Å². The number of hydrogen-bond acceptors (Lipinski definition) is 4. The molecule has 2 heterocycles. The zero-order valence-electron chi connectivity index (χ0n) is 12.4. The van der Waals surface area contributed by atoms with Gasteiger partial charge in [0.1, 0.15) is 11.5 Å². The number of hydrogen-bond donors (Lipinski definition) is 2. The molecule has 0 bridgehead atoms. The van der Waals surface area contributed by atoms with Crippen molar-refractivity contribution < 1.29 is 9.32 Å². The average Bonchev–Trinajstić information content (AvgIpc) is 2.73. The third-order valence-corrected chi connectivity index (χ3v) is 3.29. The topological polar surface area (TPSA) is 88.0 Å². The van der Waals surface area contributed by atoms with Crippen LogP contribution in [0.25, 0.3) is 0 Å². The summed E-state index contributed by atoms with van der Waals surface area (Å²) in [6.45, 7) is 6.06. The minimum Gasteiger partial charge on any atom is -0.361 e. The first kappa shape index (κ1) is 15.0. The van der Waals surface area contributed by atoms with E-state index in [1.807, 2.05) is 13.8 Å². The van der Waals surface area contributed by atoms with Crippen LogP contribution < -0.4 is 10.7 Å². The van der Waals surface area contributed by atoms with Gasteiger partial charge in [-0.25, -0.2) is 0 Å². The highest BCUT2D eigenvalue weighted by Crippen LogP contribution is 2.13. The van der Waals surface area contributed by atoms with Gasteiger partial charge >= 0.3 is 0 Å². The molecule has 0 unspecified atom stereocenters. The number of carbonyl (C=O) groups excluding carboxylic acids is 1. The Morgan fingerprint density at radius 2 is 2.10 bits per heavy atom. The molecule has 2 aromatic heterocycles. The first-order valence-electron chi connectivity index (χ1n) is 6.88. The van der Waals surface area contributed by atoms with Crippen LogP contribution in [0.3, 0.4) is 0 Å². The number of rotatable bonds is 5. The monoisotopic (exact) mass is 289 g/mol. The lowest BCUT2D eigenvalue weighted by molar-refractivity contribution is 0.0948. The van der Waals surface area contributed by atoms with Gasteiger partial charge in [-0.05, 0) is 33.6 Å². The van der Waals surface area contributed by atoms with Crippen molar-refractivity contribution >= 4 is 5.91 Å². The first-order valence-corrected chi connectivity index (χ1v) is 6.88. The van der Waals surface area contributed by atoms with Crippen molar-refractivity contribution in [3.63, 3.8) is 0 Å². The lowest BCUT2D eigenvalue weighted by Crippen LogP contribution is -2.27. The molecule has 0 radical (unpaired) electrons. The zero-order valence-corrected chi connectivity index (χ0v) is 12.4. The molecule has 0 saturated carbocycles. The number of aromatic nitrogens is 2. The summed E-state index contributed by atoms with van der Waals surface area (Å²) in [5, 5.41) is 6.69. The highest BCUT2D eigenvalue weighted by Gasteiger charge is 2.10. The van der Waals surface area contributed by atoms with Crippen molar-refractivity contribution in [1.29, 1.82) is 0 Å². The fourth-order valence-corrected chi connectivity index (χ4v) is 2.23. The molecule has 112 valence electrons. The van der Waals surface area contributed by atoms with Crippen molar-refractivity contribution in [2.24, 2.45) is 0 Å². The van der Waals surface area contributed by atoms with E-state index in [4.69, 9.17) is 4.52 Å². The number of aromatic amines is 1. The van der Waals surface area contributed by atoms with Crippen molar-refractivity contribution in [3.05, 3.63) is 50.8 Å². The number of carbonyl (C=O) groups is 1. The lowest BCUT2D eigenvalue weighted by atomic mass is 10.1. The molecule has 0 atom stereocenters. The van der Waals surface area contributed by atoms with E-state index in [-0.39, 0.29) is 17.0 Å². The van der Waals surface area contributed by atoms with Gasteiger partial charge in [-0.2, -0.15) is 0 Å². The lowest BCUT2D eigenvalue weighted by Gasteiger charge is -2.06. The summed E-state index contributed by atoms with van der Waals surface area (Å²) in [5.41, 5.74) is 2.77. The van der Waals surface area contributed by atoms with Crippen molar-refractivity contribution in [2.75, 3.05) is 6.54 Å². The smallest absolute Gasteiger partial charge is 0.267 e. The molecule has 2 aromatic rings. The predicted octanol–water partition coefficient (Wildman–Crippen LogP) is 1.65. The summed E-state index contributed by atoms with van der Waals surface area (Å²) >= 11 is 0. The minimum atomic E-state index is -0.269. The minimum absolute atomic E-state index is 0.174. The Labute approximate surface area is 122 Å². The van der Waals surface area contributed by atoms with E-state index in [9.17, 15) is 9.59 Å². The zero-order chi connectivity index (χ0) is 15.4. The third kappa shape index (κ3) is 3.81. The van der Waals surface area contributed by atoms with Crippen LogP contribution >= 0.6 is 0 Å². The van der Waals surface area contributed by atoms with Gasteiger partial charge in [0, 0.05) is 29.9 Å². The SMILES string of the molecule is Cc1cc(=O)cc(C(=O)NCCCc2c(C)noc2C)[nH]1. The number of nitrogens with zero attached hydrogens (tertiary/aromatic N) is 1. The summed E-state index contributed by atoms with van der Waals surface area (Å²) in [4.78, 5) is 26.2. The summed E-state index contributed by atoms with van der Waals surface area (Å²) in [7, 11) is 0. The molecule has 6 heteroatoms. The number of amides is 1. The van der Waals surface area contributed by atoms with E-state index >= 15 is 0 Å². The van der Waals surface area contributed by atoms with Gasteiger partial charge in [-0.1, -0.05) is 5.16 Å². The van der Waals surface area contributed by atoms with Crippen LogP contribution in [0.5, 0.6) is 0 Å². The molecule has 2 rings (SSSR count). The standard InChI is InChI=1S/C15H19N3O3/c1-9-7-12(19)8-14(17-9)15(20)16-6-4-5-13-10(2)18-21-11(13)3/h7-8H,4-6H2,1-3H3,(H,16,20)(H,17,19). The van der Waals surface area contributed by atoms with Crippen LogP contribution in [0.4, 0.5) is 0 Å². The molecule has 2 N–H and O–H groups in total. The van der Waals surface area contributed by atoms with Crippen LogP contribution in [0.1, 0.15) is 39.6 Å². The molecular weight excluding hydrogens is 270 g/mol. The van der Waals surface area contributed by atoms with E-state index in [0.717, 1.165) is 29.9 Å². The summed E-state index contributed by atoms with van der Waals surface area (Å²) in [6, 6.07) is 2.75. The van der Waals surface area contributed by atoms with Crippen LogP contribution in [0.2, 0.25) is 0 Å². The molecular formula is C15H19N3O3. The second-order valence-electron chi connectivity index (χ2n) is 5.07. The maximum atomic E-state index is 11.9. The Morgan fingerprint density at radius 1 is 1.33 bits per heavy atom. The van der Waals surface area contributed by atoms with E-state index < -0.39 is 0 Å². The number of H-pyrrole nitrogens is 1. The van der Waals surface area contributed by atoms with Crippen LogP contribution in [0.15, 0.2) is 21.5 Å². The maximum absolute atomic E-state index is 11.9. The molecule has 6 nitrogen and oxygen atoms in total. The highest BCUT2D eigenvalue weighted by molar-refractivity contribution is 5.92. The summed E-state index contributed by atoms with van der Waals surface area (Å²) in [6.07, 6.45) is 1.58. The van der Waals surface area contributed by atoms with Crippen LogP contribution in [-0.2, 0) is 6.42 Å². The van der Waals surface area contributed by atoms with Gasteiger partial charge in [0.25, 0.3) is 5.91 Å². The van der Waals surface area contributed by atoms with E-state index in [1.54, 1.807) is 6.92 Å². The molecule has 1 amide bonds. The van der Waals surface area contributed by atoms with Crippen molar-refractivity contribution in [3.8, 4) is 0 Å². The van der Waals surface area contributed by atoms with Crippen LogP contribution in [0, 0.1) is 20.8 Å². The number of nitrogens with one attached hydrogen (secondary N) is 2. The second-order valence-corrected chi connectivity index (χ2v) is 5.07. The van der Waals surface area contributed by atoms with Gasteiger partial charge in [-0.3, -0.25) is 9.59 Å². The molecule has 0 saturated heterocycles. The third-order valence-electron chi connectivity index (χ3n) is 3.29. The normalized spacial score (nSPS) is 10.6. The van der Waals surface area contributed by atoms with E-state index in [0.29, 0.717) is 12.2 Å². The van der Waals surface area contributed by atoms with Gasteiger partial charge in [0.15, 0.2) is 5.43 Å². The Kier molecular flexibility index (Phi) is 4.57. The Hall–Kier alpha value is -2.37. The molecule has 0 aliphatic rings. The Morgan fingerprint density at radius 3 is 2.71 bits per heavy atom. The fraction of sp³-hybridized carbons (Fsp3) is 0.400.